The summed E-state index contributed by atoms with van der Waals surface area (Å²) in [6, 6.07) is 11.0. The molecule has 1 aromatic heterocycles. The first-order chi connectivity index (χ1) is 10.9. The van der Waals surface area contributed by atoms with Gasteiger partial charge in [-0.05, 0) is 38.5 Å². The largest absolute Gasteiger partial charge is 0.357 e. The van der Waals surface area contributed by atoms with Gasteiger partial charge in [0.2, 0.25) is 10.0 Å². The Bertz CT molecular complexity index is 721. The van der Waals surface area contributed by atoms with Crippen molar-refractivity contribution >= 4 is 21.5 Å². The van der Waals surface area contributed by atoms with Gasteiger partial charge in [-0.15, -0.1) is 0 Å². The lowest BCUT2D eigenvalue weighted by atomic mass is 10.2. The molecule has 0 fully saturated rings. The minimum Gasteiger partial charge on any atom is -0.357 e. The Morgan fingerprint density at radius 1 is 1.04 bits per heavy atom. The standard InChI is InChI=1S/C17H23N3O2S/c1-4-20(5-2)17-11-10-16(12-18-17)19-23(21,22)13-15-8-6-14(3)7-9-15/h6-12,19H,4-5,13H2,1-3H3. The average molecular weight is 333 g/mol. The molecule has 2 rings (SSSR count). The lowest BCUT2D eigenvalue weighted by Crippen LogP contribution is -2.23. The molecule has 0 spiro atoms. The monoisotopic (exact) mass is 333 g/mol. The predicted octanol–water partition coefficient (Wildman–Crippen LogP) is 3.18. The van der Waals surface area contributed by atoms with Crippen LogP contribution < -0.4 is 9.62 Å². The van der Waals surface area contributed by atoms with Crippen molar-refractivity contribution in [3.63, 3.8) is 0 Å². The summed E-state index contributed by atoms with van der Waals surface area (Å²) in [6.45, 7) is 7.82. The zero-order valence-corrected chi connectivity index (χ0v) is 14.6. The molecule has 124 valence electrons. The van der Waals surface area contributed by atoms with Gasteiger partial charge in [-0.3, -0.25) is 4.72 Å². The molecule has 1 N–H and O–H groups in total. The minimum absolute atomic E-state index is 0.0505. The summed E-state index contributed by atoms with van der Waals surface area (Å²) in [4.78, 5) is 6.42. The van der Waals surface area contributed by atoms with Gasteiger partial charge in [-0.1, -0.05) is 29.8 Å². The topological polar surface area (TPSA) is 62.3 Å². The Hall–Kier alpha value is -2.08. The highest BCUT2D eigenvalue weighted by Gasteiger charge is 2.12. The Morgan fingerprint density at radius 3 is 2.22 bits per heavy atom. The van der Waals surface area contributed by atoms with E-state index in [1.807, 2.05) is 37.3 Å². The average Bonchev–Trinajstić information content (AvgIpc) is 2.52. The maximum Gasteiger partial charge on any atom is 0.236 e. The van der Waals surface area contributed by atoms with Gasteiger partial charge in [0, 0.05) is 13.1 Å². The fraction of sp³-hybridized carbons (Fsp3) is 0.353. The first-order valence-electron chi connectivity index (χ1n) is 7.70. The minimum atomic E-state index is -3.45. The fourth-order valence-electron chi connectivity index (χ4n) is 2.30. The molecule has 0 unspecified atom stereocenters. The summed E-state index contributed by atoms with van der Waals surface area (Å²) in [5.41, 5.74) is 2.35. The molecule has 2 aromatic rings. The van der Waals surface area contributed by atoms with Gasteiger partial charge >= 0.3 is 0 Å². The van der Waals surface area contributed by atoms with Crippen molar-refractivity contribution < 1.29 is 8.42 Å². The zero-order chi connectivity index (χ0) is 16.9. The third-order valence-corrected chi connectivity index (χ3v) is 4.85. The number of sulfonamides is 1. The van der Waals surface area contributed by atoms with Gasteiger partial charge in [0.05, 0.1) is 17.6 Å². The molecule has 0 atom stereocenters. The molecule has 5 nitrogen and oxygen atoms in total. The van der Waals surface area contributed by atoms with Crippen molar-refractivity contribution in [1.82, 2.24) is 4.98 Å². The van der Waals surface area contributed by atoms with Crippen LogP contribution in [0.4, 0.5) is 11.5 Å². The Labute approximate surface area is 138 Å². The second-order valence-corrected chi connectivity index (χ2v) is 7.15. The Balaban J connectivity index is 2.06. The van der Waals surface area contributed by atoms with Crippen LogP contribution in [0.1, 0.15) is 25.0 Å². The van der Waals surface area contributed by atoms with Crippen molar-refractivity contribution in [1.29, 1.82) is 0 Å². The molecular formula is C17H23N3O2S. The highest BCUT2D eigenvalue weighted by Crippen LogP contribution is 2.16. The summed E-state index contributed by atoms with van der Waals surface area (Å²) in [5, 5.41) is 0. The molecule has 0 aliphatic carbocycles. The third-order valence-electron chi connectivity index (χ3n) is 3.59. The van der Waals surface area contributed by atoms with E-state index in [0.29, 0.717) is 5.69 Å². The molecule has 0 saturated heterocycles. The maximum atomic E-state index is 12.2. The first kappa shape index (κ1) is 17.3. The van der Waals surface area contributed by atoms with E-state index in [2.05, 4.69) is 28.5 Å². The van der Waals surface area contributed by atoms with Gasteiger partial charge in [-0.2, -0.15) is 0 Å². The molecule has 23 heavy (non-hydrogen) atoms. The van der Waals surface area contributed by atoms with Crippen LogP contribution in [-0.4, -0.2) is 26.5 Å². The van der Waals surface area contributed by atoms with Crippen LogP contribution in [0.5, 0.6) is 0 Å². The van der Waals surface area contributed by atoms with Crippen molar-refractivity contribution in [2.75, 3.05) is 22.7 Å². The van der Waals surface area contributed by atoms with E-state index < -0.39 is 10.0 Å². The van der Waals surface area contributed by atoms with Crippen LogP contribution in [-0.2, 0) is 15.8 Å². The smallest absolute Gasteiger partial charge is 0.236 e. The van der Waals surface area contributed by atoms with E-state index in [1.54, 1.807) is 12.3 Å². The SMILES string of the molecule is CCN(CC)c1ccc(NS(=O)(=O)Cc2ccc(C)cc2)cn1. The second-order valence-electron chi connectivity index (χ2n) is 5.42. The number of nitrogens with one attached hydrogen (secondary N) is 1. The summed E-state index contributed by atoms with van der Waals surface area (Å²) in [5.74, 6) is 0.793. The lowest BCUT2D eigenvalue weighted by Gasteiger charge is -2.19. The predicted molar refractivity (Wildman–Crippen MR) is 95.2 cm³/mol. The lowest BCUT2D eigenvalue weighted by molar-refractivity contribution is 0.600. The number of aryl methyl sites for hydroxylation is 1. The van der Waals surface area contributed by atoms with Crippen LogP contribution in [0.25, 0.3) is 0 Å². The first-order valence-corrected chi connectivity index (χ1v) is 9.35. The number of pyridine rings is 1. The van der Waals surface area contributed by atoms with Crippen LogP contribution >= 0.6 is 0 Å². The van der Waals surface area contributed by atoms with Crippen LogP contribution in [0.2, 0.25) is 0 Å². The van der Waals surface area contributed by atoms with Crippen molar-refractivity contribution in [2.24, 2.45) is 0 Å². The van der Waals surface area contributed by atoms with Crippen molar-refractivity contribution in [3.05, 3.63) is 53.7 Å². The number of benzene rings is 1. The molecule has 0 amide bonds. The van der Waals surface area contributed by atoms with E-state index in [0.717, 1.165) is 30.0 Å². The van der Waals surface area contributed by atoms with Gasteiger partial charge < -0.3 is 4.90 Å². The summed E-state index contributed by atoms with van der Waals surface area (Å²) in [7, 11) is -3.45. The van der Waals surface area contributed by atoms with Gasteiger partial charge in [0.25, 0.3) is 0 Å². The Kier molecular flexibility index (Phi) is 5.60. The zero-order valence-electron chi connectivity index (χ0n) is 13.8. The number of hydrogen-bond acceptors (Lipinski definition) is 4. The third kappa shape index (κ3) is 4.96. The number of nitrogens with zero attached hydrogens (tertiary/aromatic N) is 2. The molecule has 0 bridgehead atoms. The van der Waals surface area contributed by atoms with E-state index in [4.69, 9.17) is 0 Å². The molecule has 1 heterocycles. The summed E-state index contributed by atoms with van der Waals surface area (Å²) < 4.78 is 27.0. The fourth-order valence-corrected chi connectivity index (χ4v) is 3.48. The highest BCUT2D eigenvalue weighted by atomic mass is 32.2. The van der Waals surface area contributed by atoms with Crippen molar-refractivity contribution in [2.45, 2.75) is 26.5 Å². The maximum absolute atomic E-state index is 12.2. The molecular weight excluding hydrogens is 310 g/mol. The number of aromatic nitrogens is 1. The number of anilines is 2. The van der Waals surface area contributed by atoms with Crippen LogP contribution in [0.3, 0.4) is 0 Å². The van der Waals surface area contributed by atoms with E-state index >= 15 is 0 Å². The van der Waals surface area contributed by atoms with E-state index in [-0.39, 0.29) is 5.75 Å². The van der Waals surface area contributed by atoms with Gasteiger partial charge in [0.1, 0.15) is 5.82 Å². The number of rotatable bonds is 7. The highest BCUT2D eigenvalue weighted by molar-refractivity contribution is 7.91. The molecule has 0 aliphatic rings. The molecule has 0 aliphatic heterocycles. The molecule has 6 heteroatoms. The second kappa shape index (κ2) is 7.46. The van der Waals surface area contributed by atoms with Crippen molar-refractivity contribution in [3.8, 4) is 0 Å². The molecule has 1 aromatic carbocycles. The number of hydrogen-bond donors (Lipinski definition) is 1. The van der Waals surface area contributed by atoms with Gasteiger partial charge in [0.15, 0.2) is 0 Å². The normalized spacial score (nSPS) is 11.3. The van der Waals surface area contributed by atoms with E-state index in [9.17, 15) is 8.42 Å². The molecule has 0 saturated carbocycles. The molecule has 0 radical (unpaired) electrons. The van der Waals surface area contributed by atoms with Crippen LogP contribution in [0.15, 0.2) is 42.6 Å². The van der Waals surface area contributed by atoms with Crippen LogP contribution in [0, 0.1) is 6.92 Å². The summed E-state index contributed by atoms with van der Waals surface area (Å²) in [6.07, 6.45) is 1.56. The van der Waals surface area contributed by atoms with E-state index in [1.165, 1.54) is 0 Å². The quantitative estimate of drug-likeness (QED) is 0.845. The summed E-state index contributed by atoms with van der Waals surface area (Å²) >= 11 is 0. The van der Waals surface area contributed by atoms with Gasteiger partial charge in [-0.25, -0.2) is 13.4 Å². The Morgan fingerprint density at radius 2 is 1.70 bits per heavy atom.